The fourth-order valence-electron chi connectivity index (χ4n) is 1.33. The van der Waals surface area contributed by atoms with Gasteiger partial charge < -0.3 is 0 Å². The molecule has 0 heterocycles. The molecule has 0 spiro atoms. The van der Waals surface area contributed by atoms with Gasteiger partial charge in [0.15, 0.2) is 0 Å². The first-order valence-electron chi connectivity index (χ1n) is 6.15. The van der Waals surface area contributed by atoms with E-state index in [0.29, 0.717) is 6.42 Å². The van der Waals surface area contributed by atoms with Crippen LogP contribution in [0.25, 0.3) is 0 Å². The van der Waals surface area contributed by atoms with Gasteiger partial charge in [-0.15, -0.1) is 4.83 Å². The van der Waals surface area contributed by atoms with E-state index in [1.165, 1.54) is 18.2 Å². The number of hydrogen-bond donors (Lipinski definition) is 2. The average molecular weight is 302 g/mol. The molecule has 1 rings (SSSR count). The molecule has 2 N–H and O–H groups in total. The van der Waals surface area contributed by atoms with Crippen LogP contribution < -0.4 is 10.3 Å². The van der Waals surface area contributed by atoms with E-state index in [9.17, 15) is 17.6 Å². The lowest BCUT2D eigenvalue weighted by Gasteiger charge is -2.18. The van der Waals surface area contributed by atoms with Gasteiger partial charge in [0.2, 0.25) is 10.0 Å². The summed E-state index contributed by atoms with van der Waals surface area (Å²) in [5.41, 5.74) is 1.65. The molecule has 5 nitrogen and oxygen atoms in total. The van der Waals surface area contributed by atoms with Crippen LogP contribution in [0.2, 0.25) is 0 Å². The number of sulfonamides is 1. The maximum absolute atomic E-state index is 13.3. The van der Waals surface area contributed by atoms with Gasteiger partial charge >= 0.3 is 0 Å². The molecule has 7 heteroatoms. The lowest BCUT2D eigenvalue weighted by Crippen LogP contribution is -2.43. The first kappa shape index (κ1) is 16.6. The van der Waals surface area contributed by atoms with Gasteiger partial charge in [0.25, 0.3) is 5.91 Å². The third-order valence-electron chi connectivity index (χ3n) is 2.56. The second-order valence-electron chi connectivity index (χ2n) is 5.67. The van der Waals surface area contributed by atoms with Crippen molar-refractivity contribution in [2.45, 2.75) is 27.2 Å². The summed E-state index contributed by atoms with van der Waals surface area (Å²) in [7, 11) is -3.64. The van der Waals surface area contributed by atoms with E-state index in [1.807, 2.05) is 31.0 Å². The molecule has 0 aliphatic carbocycles. The molecule has 0 unspecified atom stereocenters. The van der Waals surface area contributed by atoms with Gasteiger partial charge in [-0.3, -0.25) is 10.2 Å². The third kappa shape index (κ3) is 5.66. The quantitative estimate of drug-likeness (QED) is 0.815. The number of benzene rings is 1. The number of amides is 1. The second-order valence-corrected chi connectivity index (χ2v) is 7.51. The zero-order valence-corrected chi connectivity index (χ0v) is 12.6. The summed E-state index contributed by atoms with van der Waals surface area (Å²) in [6.07, 6.45) is 0.442. The summed E-state index contributed by atoms with van der Waals surface area (Å²) < 4.78 is 36.7. The highest BCUT2D eigenvalue weighted by Gasteiger charge is 2.18. The predicted molar refractivity (Wildman–Crippen MR) is 74.9 cm³/mol. The molecule has 0 aliphatic rings. The van der Waals surface area contributed by atoms with Crippen molar-refractivity contribution in [2.75, 3.05) is 5.75 Å². The van der Waals surface area contributed by atoms with Crippen LogP contribution in [0.1, 0.15) is 37.6 Å². The van der Waals surface area contributed by atoms with Gasteiger partial charge in [-0.05, 0) is 24.0 Å². The van der Waals surface area contributed by atoms with Crippen LogP contribution in [-0.4, -0.2) is 20.1 Å². The molecule has 1 amide bonds. The van der Waals surface area contributed by atoms with E-state index in [1.54, 1.807) is 0 Å². The number of nitrogens with one attached hydrogen (secondary N) is 2. The molecule has 0 bridgehead atoms. The predicted octanol–water partition coefficient (Wildman–Crippen LogP) is 1.83. The summed E-state index contributed by atoms with van der Waals surface area (Å²) in [5, 5.41) is 0. The van der Waals surface area contributed by atoms with E-state index in [0.717, 1.165) is 6.07 Å². The van der Waals surface area contributed by atoms with E-state index in [4.69, 9.17) is 0 Å². The number of hydrogen-bond acceptors (Lipinski definition) is 3. The fourth-order valence-corrected chi connectivity index (χ4v) is 2.56. The van der Waals surface area contributed by atoms with Crippen LogP contribution in [0.15, 0.2) is 24.3 Å². The van der Waals surface area contributed by atoms with Gasteiger partial charge in [0, 0.05) is 0 Å². The van der Waals surface area contributed by atoms with Crippen LogP contribution in [0, 0.1) is 11.2 Å². The van der Waals surface area contributed by atoms with Crippen LogP contribution in [0.3, 0.4) is 0 Å². The highest BCUT2D eigenvalue weighted by molar-refractivity contribution is 7.89. The molecule has 0 saturated carbocycles. The molecule has 0 atom stereocenters. The van der Waals surface area contributed by atoms with Gasteiger partial charge in [-0.2, -0.15) is 0 Å². The lowest BCUT2D eigenvalue weighted by atomic mass is 9.94. The Morgan fingerprint density at radius 1 is 1.25 bits per heavy atom. The number of carbonyl (C=O) groups is 1. The van der Waals surface area contributed by atoms with Crippen LogP contribution >= 0.6 is 0 Å². The monoisotopic (exact) mass is 302 g/mol. The molecule has 20 heavy (non-hydrogen) atoms. The first-order chi connectivity index (χ1) is 9.11. The van der Waals surface area contributed by atoms with Crippen molar-refractivity contribution in [3.05, 3.63) is 35.6 Å². The van der Waals surface area contributed by atoms with Crippen LogP contribution in [0.4, 0.5) is 4.39 Å². The van der Waals surface area contributed by atoms with Crippen LogP contribution in [0.5, 0.6) is 0 Å². The Kier molecular flexibility index (Phi) is 5.24. The topological polar surface area (TPSA) is 75.3 Å². The molecule has 0 aliphatic heterocycles. The highest BCUT2D eigenvalue weighted by atomic mass is 32.2. The highest BCUT2D eigenvalue weighted by Crippen LogP contribution is 2.18. The second kappa shape index (κ2) is 6.32. The first-order valence-corrected chi connectivity index (χ1v) is 7.80. The molecule has 1 aromatic rings. The Morgan fingerprint density at radius 2 is 1.85 bits per heavy atom. The number of halogens is 1. The zero-order valence-electron chi connectivity index (χ0n) is 11.7. The summed E-state index contributed by atoms with van der Waals surface area (Å²) in [5.74, 6) is -1.66. The zero-order chi connectivity index (χ0) is 15.4. The van der Waals surface area contributed by atoms with E-state index in [-0.39, 0.29) is 16.7 Å². The van der Waals surface area contributed by atoms with Crippen molar-refractivity contribution in [2.24, 2.45) is 5.41 Å². The Hall–Kier alpha value is -1.47. The molecule has 0 saturated heterocycles. The van der Waals surface area contributed by atoms with Crippen molar-refractivity contribution in [3.63, 3.8) is 0 Å². The van der Waals surface area contributed by atoms with Crippen molar-refractivity contribution in [1.82, 2.24) is 10.3 Å². The van der Waals surface area contributed by atoms with Crippen molar-refractivity contribution >= 4 is 15.9 Å². The molecule has 0 aromatic heterocycles. The number of rotatable bonds is 5. The van der Waals surface area contributed by atoms with Gasteiger partial charge in [-0.1, -0.05) is 32.9 Å². The number of carbonyl (C=O) groups excluding carboxylic acids is 1. The average Bonchev–Trinajstić information content (AvgIpc) is 2.34. The molecule has 0 radical (unpaired) electrons. The molecule has 112 valence electrons. The maximum Gasteiger partial charge on any atom is 0.269 e. The normalized spacial score (nSPS) is 12.2. The van der Waals surface area contributed by atoms with Crippen molar-refractivity contribution in [3.8, 4) is 0 Å². The molecule has 1 aromatic carbocycles. The van der Waals surface area contributed by atoms with Crippen LogP contribution in [-0.2, 0) is 10.0 Å². The Morgan fingerprint density at radius 3 is 2.40 bits per heavy atom. The lowest BCUT2D eigenvalue weighted by molar-refractivity contribution is 0.0941. The van der Waals surface area contributed by atoms with Gasteiger partial charge in [0.05, 0.1) is 11.3 Å². The smallest absolute Gasteiger partial charge is 0.269 e. The molecular weight excluding hydrogens is 283 g/mol. The maximum atomic E-state index is 13.3. The van der Waals surface area contributed by atoms with Crippen molar-refractivity contribution < 1.29 is 17.6 Å². The molecule has 0 fully saturated rings. The van der Waals surface area contributed by atoms with Gasteiger partial charge in [-0.25, -0.2) is 12.8 Å². The standard InChI is InChI=1S/C13H19FN2O3S/c1-13(2,3)8-9-20(18,19)16-15-12(17)10-6-4-5-7-11(10)14/h4-7,16H,8-9H2,1-3H3,(H,15,17). The van der Waals surface area contributed by atoms with E-state index < -0.39 is 21.7 Å². The van der Waals surface area contributed by atoms with Gasteiger partial charge in [0.1, 0.15) is 5.82 Å². The Bertz CT molecular complexity index is 580. The minimum atomic E-state index is -3.64. The summed E-state index contributed by atoms with van der Waals surface area (Å²) in [6.45, 7) is 5.75. The molecular formula is C13H19FN2O3S. The minimum absolute atomic E-state index is 0.117. The van der Waals surface area contributed by atoms with E-state index >= 15 is 0 Å². The summed E-state index contributed by atoms with van der Waals surface area (Å²) in [4.78, 5) is 13.6. The van der Waals surface area contributed by atoms with Crippen molar-refractivity contribution in [1.29, 1.82) is 0 Å². The SMILES string of the molecule is CC(C)(C)CCS(=O)(=O)NNC(=O)c1ccccc1F. The van der Waals surface area contributed by atoms with E-state index in [2.05, 4.69) is 0 Å². The largest absolute Gasteiger partial charge is 0.274 e. The fraction of sp³-hybridized carbons (Fsp3) is 0.462. The summed E-state index contributed by atoms with van der Waals surface area (Å²) in [6, 6.07) is 5.34. The third-order valence-corrected chi connectivity index (χ3v) is 3.71. The Balaban J connectivity index is 2.59. The summed E-state index contributed by atoms with van der Waals surface area (Å²) >= 11 is 0. The Labute approximate surface area is 118 Å². The number of hydrazine groups is 1. The minimum Gasteiger partial charge on any atom is -0.274 e.